The average molecular weight is 319 g/mol. The Bertz CT molecular complexity index is 607. The molecule has 1 aliphatic heterocycles. The summed E-state index contributed by atoms with van der Waals surface area (Å²) >= 11 is 0. The van der Waals surface area contributed by atoms with Gasteiger partial charge in [-0.05, 0) is 75.8 Å². The van der Waals surface area contributed by atoms with Gasteiger partial charge in [0.05, 0.1) is 6.61 Å². The third kappa shape index (κ3) is 3.92. The van der Waals surface area contributed by atoms with E-state index >= 15 is 0 Å². The number of fused-ring (bicyclic) bond motifs is 1. The predicted octanol–water partition coefficient (Wildman–Crippen LogP) is 4.50. The van der Waals surface area contributed by atoms with Crippen molar-refractivity contribution in [2.24, 2.45) is 0 Å². The van der Waals surface area contributed by atoms with Gasteiger partial charge in [0.25, 0.3) is 0 Å². The first-order valence-corrected chi connectivity index (χ1v) is 8.39. The number of halogens is 1. The van der Waals surface area contributed by atoms with Crippen LogP contribution in [0.3, 0.4) is 0 Å². The maximum absolute atomic E-state index is 14.2. The molecule has 23 heavy (non-hydrogen) atoms. The fourth-order valence-electron chi connectivity index (χ4n) is 3.03. The molecule has 0 aliphatic carbocycles. The van der Waals surface area contributed by atoms with Crippen LogP contribution in [0.5, 0.6) is 0 Å². The van der Waals surface area contributed by atoms with Crippen molar-refractivity contribution in [1.82, 2.24) is 0 Å². The second kappa shape index (κ2) is 7.62. The summed E-state index contributed by atoms with van der Waals surface area (Å²) < 4.78 is 18.9. The largest absolute Gasteiger partial charge is 0.461 e. The molecule has 0 spiro atoms. The molecule has 0 fully saturated rings. The Hall–Kier alpha value is -1.84. The molecular formula is C19H26FNO2. The van der Waals surface area contributed by atoms with E-state index in [1.54, 1.807) is 13.8 Å². The summed E-state index contributed by atoms with van der Waals surface area (Å²) in [6.45, 7) is 8.90. The van der Waals surface area contributed by atoms with Gasteiger partial charge >= 0.3 is 5.97 Å². The van der Waals surface area contributed by atoms with Crippen LogP contribution in [0.2, 0.25) is 0 Å². The van der Waals surface area contributed by atoms with Crippen molar-refractivity contribution in [3.8, 4) is 0 Å². The molecule has 0 radical (unpaired) electrons. The summed E-state index contributed by atoms with van der Waals surface area (Å²) in [5, 5.41) is 0. The van der Waals surface area contributed by atoms with Gasteiger partial charge in [0.15, 0.2) is 0 Å². The van der Waals surface area contributed by atoms with E-state index in [2.05, 4.69) is 24.8 Å². The molecule has 1 aromatic carbocycles. The number of anilines is 1. The van der Waals surface area contributed by atoms with Gasteiger partial charge in [-0.1, -0.05) is 6.07 Å². The number of hydrogen-bond acceptors (Lipinski definition) is 3. The summed E-state index contributed by atoms with van der Waals surface area (Å²) in [6.07, 6.45) is 3.28. The second-order valence-corrected chi connectivity index (χ2v) is 6.25. The van der Waals surface area contributed by atoms with Gasteiger partial charge in [-0.15, -0.1) is 0 Å². The summed E-state index contributed by atoms with van der Waals surface area (Å²) in [5.74, 6) is -1.69. The number of rotatable bonds is 4. The van der Waals surface area contributed by atoms with E-state index in [-0.39, 0.29) is 6.61 Å². The van der Waals surface area contributed by atoms with Gasteiger partial charge < -0.3 is 9.64 Å². The lowest BCUT2D eigenvalue weighted by atomic mass is 9.99. The molecule has 0 bridgehead atoms. The van der Waals surface area contributed by atoms with Gasteiger partial charge in [0.2, 0.25) is 5.83 Å². The third-order valence-electron chi connectivity index (χ3n) is 4.32. The molecule has 0 atom stereocenters. The van der Waals surface area contributed by atoms with Crippen molar-refractivity contribution in [3.63, 3.8) is 0 Å². The molecule has 0 aromatic heterocycles. The Balaban J connectivity index is 2.38. The van der Waals surface area contributed by atoms with Crippen LogP contribution >= 0.6 is 0 Å². The van der Waals surface area contributed by atoms with Crippen molar-refractivity contribution in [3.05, 3.63) is 35.2 Å². The molecule has 0 saturated carbocycles. The Kier molecular flexibility index (Phi) is 5.80. The Morgan fingerprint density at radius 3 is 2.74 bits per heavy atom. The van der Waals surface area contributed by atoms with Crippen LogP contribution in [-0.4, -0.2) is 25.2 Å². The maximum Gasteiger partial charge on any atom is 0.367 e. The first-order chi connectivity index (χ1) is 11.0. The van der Waals surface area contributed by atoms with E-state index in [1.807, 2.05) is 12.1 Å². The summed E-state index contributed by atoms with van der Waals surface area (Å²) in [4.78, 5) is 14.0. The molecule has 0 N–H and O–H groups in total. The van der Waals surface area contributed by atoms with E-state index in [0.29, 0.717) is 11.6 Å². The number of benzene rings is 1. The second-order valence-electron chi connectivity index (χ2n) is 6.25. The van der Waals surface area contributed by atoms with Crippen molar-refractivity contribution in [2.45, 2.75) is 53.0 Å². The number of nitrogens with zero attached hydrogens (tertiary/aromatic N) is 1. The van der Waals surface area contributed by atoms with Crippen LogP contribution in [0.1, 0.15) is 51.7 Å². The van der Waals surface area contributed by atoms with Crippen molar-refractivity contribution >= 4 is 17.2 Å². The summed E-state index contributed by atoms with van der Waals surface area (Å²) in [6, 6.07) is 6.40. The van der Waals surface area contributed by atoms with E-state index in [0.717, 1.165) is 31.4 Å². The lowest BCUT2D eigenvalue weighted by Gasteiger charge is -2.29. The molecular weight excluding hydrogens is 293 g/mol. The van der Waals surface area contributed by atoms with E-state index in [1.165, 1.54) is 11.3 Å². The molecule has 1 heterocycles. The number of hydrogen-bond donors (Lipinski definition) is 0. The van der Waals surface area contributed by atoms with Crippen LogP contribution in [0.25, 0.3) is 5.57 Å². The van der Waals surface area contributed by atoms with Gasteiger partial charge in [-0.2, -0.15) is 4.39 Å². The highest BCUT2D eigenvalue weighted by Gasteiger charge is 2.20. The SMILES string of the molecule is CCOC(=O)/C(F)=C(/C)c1ccc2c(c1)CCCCN2C(C)C. The molecule has 1 aromatic rings. The minimum absolute atomic E-state index is 0.174. The molecule has 1 aliphatic rings. The smallest absolute Gasteiger partial charge is 0.367 e. The quantitative estimate of drug-likeness (QED) is 0.604. The lowest BCUT2D eigenvalue weighted by molar-refractivity contribution is -0.140. The zero-order chi connectivity index (χ0) is 17.0. The normalized spacial score (nSPS) is 15.8. The van der Waals surface area contributed by atoms with Gasteiger partial charge in [0, 0.05) is 18.3 Å². The van der Waals surface area contributed by atoms with Crippen LogP contribution in [-0.2, 0) is 16.0 Å². The molecule has 0 unspecified atom stereocenters. The van der Waals surface area contributed by atoms with Crippen LogP contribution in [0.15, 0.2) is 24.0 Å². The monoisotopic (exact) mass is 319 g/mol. The number of carbonyl (C=O) groups is 1. The molecule has 0 saturated heterocycles. The third-order valence-corrected chi connectivity index (χ3v) is 4.32. The summed E-state index contributed by atoms with van der Waals surface area (Å²) in [7, 11) is 0. The average Bonchev–Trinajstić information content (AvgIpc) is 2.75. The fraction of sp³-hybridized carbons (Fsp3) is 0.526. The van der Waals surface area contributed by atoms with Gasteiger partial charge in [-0.25, -0.2) is 4.79 Å². The van der Waals surface area contributed by atoms with Crippen LogP contribution < -0.4 is 4.90 Å². The van der Waals surface area contributed by atoms with E-state index in [4.69, 9.17) is 4.74 Å². The molecule has 4 heteroatoms. The van der Waals surface area contributed by atoms with Gasteiger partial charge in [-0.3, -0.25) is 0 Å². The van der Waals surface area contributed by atoms with E-state index in [9.17, 15) is 9.18 Å². The standard InChI is InChI=1S/C19H26FNO2/c1-5-23-19(22)18(20)14(4)15-9-10-17-16(12-15)8-6-7-11-21(17)13(2)3/h9-10,12-13H,5-8,11H2,1-4H3/b18-14+. The molecule has 0 amide bonds. The predicted molar refractivity (Wildman–Crippen MR) is 92.2 cm³/mol. The Morgan fingerprint density at radius 1 is 1.35 bits per heavy atom. The van der Waals surface area contributed by atoms with Crippen molar-refractivity contribution in [1.29, 1.82) is 0 Å². The lowest BCUT2D eigenvalue weighted by Crippen LogP contribution is -2.31. The highest BCUT2D eigenvalue weighted by Crippen LogP contribution is 2.31. The summed E-state index contributed by atoms with van der Waals surface area (Å²) in [5.41, 5.74) is 3.54. The Labute approximate surface area is 138 Å². The van der Waals surface area contributed by atoms with E-state index < -0.39 is 11.8 Å². The number of esters is 1. The number of carbonyl (C=O) groups excluding carboxylic acids is 1. The number of ether oxygens (including phenoxy) is 1. The highest BCUT2D eigenvalue weighted by atomic mass is 19.1. The topological polar surface area (TPSA) is 29.5 Å². The molecule has 2 rings (SSSR count). The number of allylic oxidation sites excluding steroid dienone is 1. The maximum atomic E-state index is 14.2. The fourth-order valence-corrected chi connectivity index (χ4v) is 3.03. The minimum atomic E-state index is -0.885. The van der Waals surface area contributed by atoms with Crippen LogP contribution in [0, 0.1) is 0 Å². The van der Waals surface area contributed by atoms with Crippen molar-refractivity contribution in [2.75, 3.05) is 18.1 Å². The first-order valence-electron chi connectivity index (χ1n) is 8.39. The van der Waals surface area contributed by atoms with Crippen molar-refractivity contribution < 1.29 is 13.9 Å². The highest BCUT2D eigenvalue weighted by molar-refractivity contribution is 5.95. The van der Waals surface area contributed by atoms with Gasteiger partial charge in [0.1, 0.15) is 0 Å². The zero-order valence-electron chi connectivity index (χ0n) is 14.5. The molecule has 3 nitrogen and oxygen atoms in total. The first kappa shape index (κ1) is 17.5. The minimum Gasteiger partial charge on any atom is -0.461 e. The number of aryl methyl sites for hydroxylation is 1. The Morgan fingerprint density at radius 2 is 2.09 bits per heavy atom. The molecule has 126 valence electrons. The zero-order valence-corrected chi connectivity index (χ0v) is 14.5. The van der Waals surface area contributed by atoms with Crippen LogP contribution in [0.4, 0.5) is 10.1 Å².